The summed E-state index contributed by atoms with van der Waals surface area (Å²) in [5.41, 5.74) is 5.73. The second-order valence-electron chi connectivity index (χ2n) is 4.39. The molecule has 0 radical (unpaired) electrons. The van der Waals surface area contributed by atoms with Gasteiger partial charge in [-0.25, -0.2) is 4.98 Å². The molecule has 2 aromatic rings. The maximum absolute atomic E-state index is 5.73. The highest BCUT2D eigenvalue weighted by molar-refractivity contribution is 7.16. The Morgan fingerprint density at radius 1 is 1.44 bits per heavy atom. The van der Waals surface area contributed by atoms with Gasteiger partial charge in [-0.2, -0.15) is 4.98 Å². The number of aromatic nitrogens is 2. The third-order valence-corrected chi connectivity index (χ3v) is 3.37. The topological polar surface area (TPSA) is 64.3 Å². The molecule has 0 saturated heterocycles. The van der Waals surface area contributed by atoms with Crippen molar-refractivity contribution >= 4 is 33.3 Å². The molecule has 5 nitrogen and oxygen atoms in total. The van der Waals surface area contributed by atoms with Crippen LogP contribution in [0.1, 0.15) is 13.8 Å². The number of anilines is 2. The van der Waals surface area contributed by atoms with Gasteiger partial charge in [0, 0.05) is 13.6 Å². The fraction of sp³-hybridized carbons (Fsp3) is 0.500. The van der Waals surface area contributed by atoms with Crippen molar-refractivity contribution in [2.75, 3.05) is 30.8 Å². The number of likely N-dealkylation sites (N-methyl/N-ethyl adjacent to an activating group) is 1. The smallest absolute Gasteiger partial charge is 0.223 e. The van der Waals surface area contributed by atoms with E-state index in [9.17, 15) is 0 Å². The minimum Gasteiger partial charge on any atom is -0.377 e. The van der Waals surface area contributed by atoms with Crippen LogP contribution in [0.25, 0.3) is 10.2 Å². The molecule has 18 heavy (non-hydrogen) atoms. The highest BCUT2D eigenvalue weighted by atomic mass is 32.1. The van der Waals surface area contributed by atoms with E-state index < -0.39 is 0 Å². The van der Waals surface area contributed by atoms with Crippen LogP contribution in [0.4, 0.5) is 11.8 Å². The summed E-state index contributed by atoms with van der Waals surface area (Å²) in [4.78, 5) is 11.5. The van der Waals surface area contributed by atoms with E-state index in [1.165, 1.54) is 0 Å². The molecule has 0 aliphatic carbocycles. The Morgan fingerprint density at radius 2 is 2.22 bits per heavy atom. The number of nitrogens with two attached hydrogens (primary N) is 1. The zero-order chi connectivity index (χ0) is 13.1. The van der Waals surface area contributed by atoms with Crippen LogP contribution in [0.2, 0.25) is 0 Å². The van der Waals surface area contributed by atoms with E-state index in [2.05, 4.69) is 14.9 Å². The summed E-state index contributed by atoms with van der Waals surface area (Å²) < 4.78 is 5.54. The van der Waals surface area contributed by atoms with E-state index >= 15 is 0 Å². The van der Waals surface area contributed by atoms with Gasteiger partial charge in [0.2, 0.25) is 5.95 Å². The third-order valence-electron chi connectivity index (χ3n) is 2.56. The van der Waals surface area contributed by atoms with Crippen molar-refractivity contribution in [2.45, 2.75) is 20.0 Å². The van der Waals surface area contributed by atoms with Crippen molar-refractivity contribution in [1.29, 1.82) is 0 Å². The Morgan fingerprint density at radius 3 is 2.94 bits per heavy atom. The molecule has 0 aliphatic rings. The van der Waals surface area contributed by atoms with Crippen LogP contribution < -0.4 is 10.6 Å². The Balaban J connectivity index is 2.16. The van der Waals surface area contributed by atoms with E-state index in [0.29, 0.717) is 12.6 Å². The SMILES string of the molecule is CC(C)OCCN(C)c1nc(N)nc2sccc12. The van der Waals surface area contributed by atoms with Gasteiger partial charge in [0.05, 0.1) is 18.1 Å². The van der Waals surface area contributed by atoms with Crippen molar-refractivity contribution in [3.63, 3.8) is 0 Å². The van der Waals surface area contributed by atoms with E-state index in [0.717, 1.165) is 22.6 Å². The molecule has 0 bridgehead atoms. The molecular formula is C12H18N4OS. The molecule has 0 aromatic carbocycles. The summed E-state index contributed by atoms with van der Waals surface area (Å²) in [7, 11) is 1.99. The van der Waals surface area contributed by atoms with Gasteiger partial charge in [-0.05, 0) is 25.3 Å². The van der Waals surface area contributed by atoms with Gasteiger partial charge < -0.3 is 15.4 Å². The molecule has 0 fully saturated rings. The lowest BCUT2D eigenvalue weighted by Crippen LogP contribution is -2.25. The highest BCUT2D eigenvalue weighted by Gasteiger charge is 2.11. The molecule has 2 N–H and O–H groups in total. The number of hydrogen-bond acceptors (Lipinski definition) is 6. The third kappa shape index (κ3) is 2.88. The van der Waals surface area contributed by atoms with Gasteiger partial charge in [0.25, 0.3) is 0 Å². The first-order valence-corrected chi connectivity index (χ1v) is 6.79. The first-order valence-electron chi connectivity index (χ1n) is 5.91. The van der Waals surface area contributed by atoms with E-state index in [1.54, 1.807) is 11.3 Å². The van der Waals surface area contributed by atoms with E-state index in [1.807, 2.05) is 32.3 Å². The number of nitrogen functional groups attached to an aromatic ring is 1. The molecule has 2 aromatic heterocycles. The van der Waals surface area contributed by atoms with Crippen LogP contribution in [0.5, 0.6) is 0 Å². The number of hydrogen-bond donors (Lipinski definition) is 1. The zero-order valence-corrected chi connectivity index (χ0v) is 11.7. The molecule has 0 unspecified atom stereocenters. The van der Waals surface area contributed by atoms with Crippen LogP contribution in [-0.4, -0.2) is 36.3 Å². The monoisotopic (exact) mass is 266 g/mol. The quantitative estimate of drug-likeness (QED) is 0.898. The first kappa shape index (κ1) is 13.0. The molecule has 98 valence electrons. The lowest BCUT2D eigenvalue weighted by atomic mass is 10.3. The number of nitrogens with zero attached hydrogens (tertiary/aromatic N) is 3. The van der Waals surface area contributed by atoms with Crippen molar-refractivity contribution in [3.05, 3.63) is 11.4 Å². The standard InChI is InChI=1S/C12H18N4OS/c1-8(2)17-6-5-16(3)10-9-4-7-18-11(9)15-12(13)14-10/h4,7-8H,5-6H2,1-3H3,(H2,13,14,15). The average Bonchev–Trinajstić information content (AvgIpc) is 2.74. The van der Waals surface area contributed by atoms with Gasteiger partial charge in [-0.1, -0.05) is 0 Å². The summed E-state index contributed by atoms with van der Waals surface area (Å²) in [6.07, 6.45) is 0.245. The van der Waals surface area contributed by atoms with Crippen LogP contribution >= 0.6 is 11.3 Å². The predicted molar refractivity (Wildman–Crippen MR) is 76.2 cm³/mol. The van der Waals surface area contributed by atoms with Gasteiger partial charge in [0.1, 0.15) is 10.6 Å². The second kappa shape index (κ2) is 5.49. The van der Waals surface area contributed by atoms with Crippen molar-refractivity contribution in [2.24, 2.45) is 0 Å². The molecule has 0 atom stereocenters. The summed E-state index contributed by atoms with van der Waals surface area (Å²) in [5.74, 6) is 1.18. The molecule has 2 rings (SSSR count). The minimum absolute atomic E-state index is 0.245. The van der Waals surface area contributed by atoms with Gasteiger partial charge in [0.15, 0.2) is 0 Å². The molecule has 0 spiro atoms. The Hall–Kier alpha value is -1.40. The lowest BCUT2D eigenvalue weighted by Gasteiger charge is -2.19. The molecule has 6 heteroatoms. The molecule has 2 heterocycles. The lowest BCUT2D eigenvalue weighted by molar-refractivity contribution is 0.0845. The summed E-state index contributed by atoms with van der Waals surface area (Å²) in [6.45, 7) is 5.50. The van der Waals surface area contributed by atoms with Gasteiger partial charge >= 0.3 is 0 Å². The molecule has 0 saturated carbocycles. The van der Waals surface area contributed by atoms with Gasteiger partial charge in [-0.3, -0.25) is 0 Å². The fourth-order valence-electron chi connectivity index (χ4n) is 1.68. The zero-order valence-electron chi connectivity index (χ0n) is 10.9. The van der Waals surface area contributed by atoms with Crippen LogP contribution in [0, 0.1) is 0 Å². The minimum atomic E-state index is 0.245. The van der Waals surface area contributed by atoms with Crippen LogP contribution in [-0.2, 0) is 4.74 Å². The first-order chi connectivity index (χ1) is 8.58. The Kier molecular flexibility index (Phi) is 3.98. The average molecular weight is 266 g/mol. The Labute approximate surface area is 111 Å². The maximum Gasteiger partial charge on any atom is 0.223 e. The van der Waals surface area contributed by atoms with Crippen LogP contribution in [0.3, 0.4) is 0 Å². The normalized spacial score (nSPS) is 11.3. The van der Waals surface area contributed by atoms with Crippen molar-refractivity contribution < 1.29 is 4.74 Å². The molecule has 0 aliphatic heterocycles. The molecule has 0 amide bonds. The number of fused-ring (bicyclic) bond motifs is 1. The van der Waals surface area contributed by atoms with E-state index in [4.69, 9.17) is 10.5 Å². The highest BCUT2D eigenvalue weighted by Crippen LogP contribution is 2.27. The van der Waals surface area contributed by atoms with E-state index in [-0.39, 0.29) is 6.10 Å². The van der Waals surface area contributed by atoms with Gasteiger partial charge in [-0.15, -0.1) is 11.3 Å². The van der Waals surface area contributed by atoms with Crippen molar-refractivity contribution in [1.82, 2.24) is 9.97 Å². The maximum atomic E-state index is 5.73. The summed E-state index contributed by atoms with van der Waals surface area (Å²) >= 11 is 1.57. The summed E-state index contributed by atoms with van der Waals surface area (Å²) in [5, 5.41) is 3.04. The van der Waals surface area contributed by atoms with Crippen molar-refractivity contribution in [3.8, 4) is 0 Å². The number of ether oxygens (including phenoxy) is 1. The largest absolute Gasteiger partial charge is 0.377 e. The fourth-order valence-corrected chi connectivity index (χ4v) is 2.44. The predicted octanol–water partition coefficient (Wildman–Crippen LogP) is 2.13. The van der Waals surface area contributed by atoms with Crippen LogP contribution in [0.15, 0.2) is 11.4 Å². The number of rotatable bonds is 5. The molecular weight excluding hydrogens is 248 g/mol. The number of thiophene rings is 1. The summed E-state index contributed by atoms with van der Waals surface area (Å²) in [6, 6.07) is 2.02. The Bertz CT molecular complexity index is 526. The second-order valence-corrected chi connectivity index (χ2v) is 5.28.